The van der Waals surface area contributed by atoms with E-state index in [9.17, 15) is 14.4 Å². The number of nitrogens with zero attached hydrogens (tertiary/aromatic N) is 6. The van der Waals surface area contributed by atoms with E-state index >= 15 is 0 Å². The predicted octanol–water partition coefficient (Wildman–Crippen LogP) is 3.13. The van der Waals surface area contributed by atoms with Gasteiger partial charge in [0.05, 0.1) is 19.3 Å². The van der Waals surface area contributed by atoms with Crippen molar-refractivity contribution < 1.29 is 19.1 Å². The highest BCUT2D eigenvalue weighted by Gasteiger charge is 2.34. The van der Waals surface area contributed by atoms with E-state index < -0.39 is 5.91 Å². The second kappa shape index (κ2) is 11.0. The average molecular weight is 542 g/mol. The lowest BCUT2D eigenvalue weighted by atomic mass is 10.0. The number of methoxy groups -OCH3 is 1. The van der Waals surface area contributed by atoms with Gasteiger partial charge in [-0.25, -0.2) is 9.67 Å². The molecule has 2 N–H and O–H groups in total. The van der Waals surface area contributed by atoms with Crippen molar-refractivity contribution in [3.63, 3.8) is 0 Å². The third-order valence-electron chi connectivity index (χ3n) is 7.00. The third-order valence-corrected chi connectivity index (χ3v) is 7.00. The Bertz CT molecular complexity index is 1550. The number of aromatic nitrogens is 4. The number of carbonyl (C=O) groups is 3. The van der Waals surface area contributed by atoms with Gasteiger partial charge in [0.1, 0.15) is 17.3 Å². The van der Waals surface area contributed by atoms with Crippen molar-refractivity contribution in [2.24, 2.45) is 5.73 Å². The van der Waals surface area contributed by atoms with Crippen LogP contribution in [0.25, 0.3) is 11.4 Å². The molecule has 0 unspecified atom stereocenters. The number of amides is 3. The molecule has 11 heteroatoms. The van der Waals surface area contributed by atoms with Crippen molar-refractivity contribution in [3.05, 3.63) is 83.7 Å². The van der Waals surface area contributed by atoms with E-state index in [0.717, 1.165) is 17.9 Å². The Balaban J connectivity index is 1.44. The number of anilines is 1. The molecule has 0 atom stereocenters. The van der Waals surface area contributed by atoms with Crippen LogP contribution in [0.3, 0.4) is 0 Å². The van der Waals surface area contributed by atoms with E-state index in [1.165, 1.54) is 4.68 Å². The zero-order valence-corrected chi connectivity index (χ0v) is 22.7. The maximum Gasteiger partial charge on any atom is 0.277 e. The van der Waals surface area contributed by atoms with E-state index in [4.69, 9.17) is 10.5 Å². The fourth-order valence-corrected chi connectivity index (χ4v) is 4.98. The molecule has 206 valence electrons. The van der Waals surface area contributed by atoms with Gasteiger partial charge in [0, 0.05) is 49.3 Å². The Morgan fingerprint density at radius 1 is 1.05 bits per heavy atom. The molecule has 1 aliphatic heterocycles. The first-order valence-electron chi connectivity index (χ1n) is 13.1. The highest BCUT2D eigenvalue weighted by atomic mass is 16.5. The van der Waals surface area contributed by atoms with Crippen LogP contribution in [0.4, 0.5) is 5.69 Å². The molecule has 0 spiro atoms. The zero-order chi connectivity index (χ0) is 28.4. The molecule has 0 bridgehead atoms. The Hall–Kier alpha value is -4.93. The van der Waals surface area contributed by atoms with Crippen LogP contribution in [-0.2, 0) is 17.8 Å². The second-order valence-electron chi connectivity index (χ2n) is 9.53. The SMILES string of the molecule is CCCN(Cc1nccn1-c1ccc(N2CCc3c(C(N)=O)nn(-c4ccc(OC)cc4)c3C2=O)cc1)C(C)=O. The summed E-state index contributed by atoms with van der Waals surface area (Å²) in [4.78, 5) is 45.9. The Kier molecular flexibility index (Phi) is 7.37. The molecule has 11 nitrogen and oxygen atoms in total. The molecular weight excluding hydrogens is 510 g/mol. The topological polar surface area (TPSA) is 129 Å². The molecular formula is C29H31N7O4. The molecule has 2 aromatic carbocycles. The van der Waals surface area contributed by atoms with Crippen LogP contribution >= 0.6 is 0 Å². The van der Waals surface area contributed by atoms with Crippen LogP contribution in [0.5, 0.6) is 5.75 Å². The molecule has 4 aromatic rings. The Morgan fingerprint density at radius 3 is 2.35 bits per heavy atom. The van der Waals surface area contributed by atoms with E-state index in [1.54, 1.807) is 54.3 Å². The summed E-state index contributed by atoms with van der Waals surface area (Å²) in [5.41, 5.74) is 8.76. The summed E-state index contributed by atoms with van der Waals surface area (Å²) in [5.74, 6) is 0.464. The van der Waals surface area contributed by atoms with Gasteiger partial charge < -0.3 is 24.8 Å². The lowest BCUT2D eigenvalue weighted by Gasteiger charge is -2.28. The molecule has 0 radical (unpaired) electrons. The standard InChI is InChI=1S/C29H31N7O4/c1-4-15-33(19(2)37)18-25-31-14-17-34(25)20-5-7-21(8-6-20)35-16-13-24-26(28(30)38)32-36(27(24)29(35)39)22-9-11-23(40-3)12-10-22/h5-12,14,17H,4,13,15-16,18H2,1-3H3,(H2,30,38). The minimum atomic E-state index is -0.674. The summed E-state index contributed by atoms with van der Waals surface area (Å²) >= 11 is 0. The van der Waals surface area contributed by atoms with E-state index in [1.807, 2.05) is 42.0 Å². The van der Waals surface area contributed by atoms with E-state index in [-0.39, 0.29) is 17.5 Å². The third kappa shape index (κ3) is 4.93. The minimum absolute atomic E-state index is 0.00287. The van der Waals surface area contributed by atoms with Crippen LogP contribution in [0.15, 0.2) is 60.9 Å². The highest BCUT2D eigenvalue weighted by Crippen LogP contribution is 2.30. The average Bonchev–Trinajstić information content (AvgIpc) is 3.59. The smallest absolute Gasteiger partial charge is 0.277 e. The lowest BCUT2D eigenvalue weighted by Crippen LogP contribution is -2.39. The van der Waals surface area contributed by atoms with Crippen molar-refractivity contribution in [2.75, 3.05) is 25.1 Å². The van der Waals surface area contributed by atoms with Crippen molar-refractivity contribution in [3.8, 4) is 17.1 Å². The summed E-state index contributed by atoms with van der Waals surface area (Å²) in [6.45, 7) is 5.03. The highest BCUT2D eigenvalue weighted by molar-refractivity contribution is 6.09. The van der Waals surface area contributed by atoms with Gasteiger partial charge in [-0.3, -0.25) is 14.4 Å². The Labute approximate surface area is 231 Å². The maximum atomic E-state index is 13.8. The van der Waals surface area contributed by atoms with Gasteiger partial charge in [-0.15, -0.1) is 0 Å². The van der Waals surface area contributed by atoms with Crippen molar-refractivity contribution in [2.45, 2.75) is 33.2 Å². The summed E-state index contributed by atoms with van der Waals surface area (Å²) < 4.78 is 8.65. The summed E-state index contributed by atoms with van der Waals surface area (Å²) in [5, 5.41) is 4.42. The number of benzene rings is 2. The normalized spacial score (nSPS) is 12.8. The zero-order valence-electron chi connectivity index (χ0n) is 22.7. The molecule has 0 aliphatic carbocycles. The fraction of sp³-hybridized carbons (Fsp3) is 0.276. The first-order chi connectivity index (χ1) is 19.3. The predicted molar refractivity (Wildman–Crippen MR) is 149 cm³/mol. The minimum Gasteiger partial charge on any atom is -0.497 e. The van der Waals surface area contributed by atoms with Crippen LogP contribution < -0.4 is 15.4 Å². The number of primary amides is 1. The van der Waals surface area contributed by atoms with E-state index in [2.05, 4.69) is 10.1 Å². The number of imidazole rings is 1. The van der Waals surface area contributed by atoms with Gasteiger partial charge in [-0.1, -0.05) is 6.92 Å². The van der Waals surface area contributed by atoms with Crippen LogP contribution in [0.2, 0.25) is 0 Å². The monoisotopic (exact) mass is 541 g/mol. The molecule has 40 heavy (non-hydrogen) atoms. The van der Waals surface area contributed by atoms with Gasteiger partial charge in [-0.2, -0.15) is 5.10 Å². The molecule has 0 fully saturated rings. The second-order valence-corrected chi connectivity index (χ2v) is 9.53. The Morgan fingerprint density at radius 2 is 1.73 bits per heavy atom. The quantitative estimate of drug-likeness (QED) is 0.347. The van der Waals surface area contributed by atoms with Crippen LogP contribution in [0.1, 0.15) is 52.6 Å². The molecule has 2 aromatic heterocycles. The summed E-state index contributed by atoms with van der Waals surface area (Å²) in [6, 6.07) is 14.6. The summed E-state index contributed by atoms with van der Waals surface area (Å²) in [7, 11) is 1.57. The van der Waals surface area contributed by atoms with Gasteiger partial charge >= 0.3 is 0 Å². The molecule has 5 rings (SSSR count). The molecule has 3 heterocycles. The van der Waals surface area contributed by atoms with Gasteiger partial charge in [0.15, 0.2) is 5.69 Å². The van der Waals surface area contributed by atoms with E-state index in [0.29, 0.717) is 54.4 Å². The lowest BCUT2D eigenvalue weighted by molar-refractivity contribution is -0.129. The van der Waals surface area contributed by atoms with Gasteiger partial charge in [0.2, 0.25) is 5.91 Å². The number of hydrogen-bond donors (Lipinski definition) is 1. The molecule has 0 saturated carbocycles. The van der Waals surface area contributed by atoms with Gasteiger partial charge in [0.25, 0.3) is 11.8 Å². The summed E-state index contributed by atoms with van der Waals surface area (Å²) in [6.07, 6.45) is 4.85. The number of ether oxygens (including phenoxy) is 1. The molecule has 3 amide bonds. The number of fused-ring (bicyclic) bond motifs is 1. The first kappa shape index (κ1) is 26.7. The van der Waals surface area contributed by atoms with Crippen molar-refractivity contribution in [1.82, 2.24) is 24.2 Å². The van der Waals surface area contributed by atoms with Crippen molar-refractivity contribution in [1.29, 1.82) is 0 Å². The van der Waals surface area contributed by atoms with Crippen LogP contribution in [-0.4, -0.2) is 62.2 Å². The van der Waals surface area contributed by atoms with Crippen molar-refractivity contribution >= 4 is 23.4 Å². The number of rotatable bonds is 9. The number of hydrogen-bond acceptors (Lipinski definition) is 6. The number of nitrogens with two attached hydrogens (primary N) is 1. The molecule has 1 aliphatic rings. The first-order valence-corrected chi connectivity index (χ1v) is 13.1. The fourth-order valence-electron chi connectivity index (χ4n) is 4.98. The molecule has 0 saturated heterocycles. The maximum absolute atomic E-state index is 13.8. The largest absolute Gasteiger partial charge is 0.497 e. The van der Waals surface area contributed by atoms with Gasteiger partial charge in [-0.05, 0) is 61.4 Å². The van der Waals surface area contributed by atoms with Crippen LogP contribution in [0, 0.1) is 0 Å². The number of carbonyl (C=O) groups excluding carboxylic acids is 3.